The largest absolute Gasteiger partial charge is 0.483 e. The lowest BCUT2D eigenvalue weighted by Gasteiger charge is -2.31. The number of rotatable bonds is 10. The van der Waals surface area contributed by atoms with Gasteiger partial charge in [-0.05, 0) is 57.7 Å². The maximum Gasteiger partial charge on any atom is 0.261 e. The minimum Gasteiger partial charge on any atom is -0.483 e. The second kappa shape index (κ2) is 13.0. The molecule has 0 saturated heterocycles. The van der Waals surface area contributed by atoms with E-state index in [-0.39, 0.29) is 25.0 Å². The fraction of sp³-hybridized carbons (Fsp3) is 0.259. The van der Waals surface area contributed by atoms with E-state index in [9.17, 15) is 9.59 Å². The Morgan fingerprint density at radius 1 is 1.00 bits per heavy atom. The molecule has 1 atom stereocenters. The zero-order chi connectivity index (χ0) is 25.4. The SMILES string of the molecule is CCc1ccc(OCC(=O)N(Cc2c(Cl)cccc2Cl)C(Cc2ccccc2)C(=O)NC)c(Br)c1. The summed E-state index contributed by atoms with van der Waals surface area (Å²) >= 11 is 16.3. The Bertz CT molecular complexity index is 1150. The molecule has 0 heterocycles. The molecule has 0 bridgehead atoms. The average molecular weight is 578 g/mol. The van der Waals surface area contributed by atoms with Gasteiger partial charge in [-0.2, -0.15) is 0 Å². The molecule has 3 aromatic rings. The molecule has 1 unspecified atom stereocenters. The highest BCUT2D eigenvalue weighted by atomic mass is 79.9. The highest BCUT2D eigenvalue weighted by Crippen LogP contribution is 2.29. The van der Waals surface area contributed by atoms with Crippen LogP contribution in [-0.4, -0.2) is 36.4 Å². The van der Waals surface area contributed by atoms with Gasteiger partial charge in [-0.3, -0.25) is 9.59 Å². The van der Waals surface area contributed by atoms with Crippen molar-refractivity contribution in [3.05, 3.63) is 97.9 Å². The summed E-state index contributed by atoms with van der Waals surface area (Å²) in [6, 6.07) is 19.6. The molecule has 1 N–H and O–H groups in total. The summed E-state index contributed by atoms with van der Waals surface area (Å²) in [5, 5.41) is 3.53. The van der Waals surface area contributed by atoms with Gasteiger partial charge in [-0.1, -0.05) is 72.6 Å². The molecule has 3 aromatic carbocycles. The van der Waals surface area contributed by atoms with Crippen LogP contribution in [0.3, 0.4) is 0 Å². The first-order valence-corrected chi connectivity index (χ1v) is 12.8. The van der Waals surface area contributed by atoms with E-state index in [0.717, 1.165) is 22.0 Å². The topological polar surface area (TPSA) is 58.6 Å². The molecule has 8 heteroatoms. The van der Waals surface area contributed by atoms with Crippen molar-refractivity contribution in [3.63, 3.8) is 0 Å². The Balaban J connectivity index is 1.92. The first-order chi connectivity index (χ1) is 16.8. The van der Waals surface area contributed by atoms with Gasteiger partial charge >= 0.3 is 0 Å². The summed E-state index contributed by atoms with van der Waals surface area (Å²) in [7, 11) is 1.55. The average Bonchev–Trinajstić information content (AvgIpc) is 2.86. The molecule has 0 saturated carbocycles. The maximum absolute atomic E-state index is 13.5. The van der Waals surface area contributed by atoms with Crippen LogP contribution in [0.5, 0.6) is 5.75 Å². The van der Waals surface area contributed by atoms with Crippen LogP contribution in [0.15, 0.2) is 71.2 Å². The molecule has 0 fully saturated rings. The Kier molecular flexibility index (Phi) is 10.0. The molecule has 0 aliphatic rings. The van der Waals surface area contributed by atoms with Gasteiger partial charge in [0, 0.05) is 35.6 Å². The molecule has 0 spiro atoms. The molecule has 184 valence electrons. The lowest BCUT2D eigenvalue weighted by Crippen LogP contribution is -2.51. The van der Waals surface area contributed by atoms with Crippen LogP contribution < -0.4 is 10.1 Å². The van der Waals surface area contributed by atoms with Crippen LogP contribution >= 0.6 is 39.1 Å². The zero-order valence-corrected chi connectivity index (χ0v) is 22.7. The normalized spacial score (nSPS) is 11.6. The first kappa shape index (κ1) is 27.1. The molecule has 5 nitrogen and oxygen atoms in total. The van der Waals surface area contributed by atoms with Crippen LogP contribution in [0.25, 0.3) is 0 Å². The van der Waals surface area contributed by atoms with E-state index in [1.807, 2.05) is 48.5 Å². The Labute approximate surface area is 224 Å². The number of hydrogen-bond donors (Lipinski definition) is 1. The molecule has 0 aliphatic carbocycles. The van der Waals surface area contributed by atoms with Gasteiger partial charge in [-0.15, -0.1) is 0 Å². The number of aryl methyl sites for hydroxylation is 1. The number of halogens is 3. The van der Waals surface area contributed by atoms with E-state index in [1.54, 1.807) is 25.2 Å². The fourth-order valence-corrected chi connectivity index (χ4v) is 4.74. The third-order valence-corrected chi connectivity index (χ3v) is 6.99. The number of nitrogens with zero attached hydrogens (tertiary/aromatic N) is 1. The van der Waals surface area contributed by atoms with Crippen LogP contribution in [0.1, 0.15) is 23.6 Å². The Morgan fingerprint density at radius 3 is 2.29 bits per heavy atom. The Hall–Kier alpha value is -2.54. The van der Waals surface area contributed by atoms with E-state index in [4.69, 9.17) is 27.9 Å². The predicted octanol–water partition coefficient (Wildman–Crippen LogP) is 6.08. The summed E-state index contributed by atoms with van der Waals surface area (Å²) in [6.45, 7) is 1.87. The maximum atomic E-state index is 13.5. The third kappa shape index (κ3) is 7.23. The molecule has 2 amide bonds. The van der Waals surface area contributed by atoms with Gasteiger partial charge in [0.25, 0.3) is 5.91 Å². The fourth-order valence-electron chi connectivity index (χ4n) is 3.68. The van der Waals surface area contributed by atoms with Crippen LogP contribution in [-0.2, 0) is 29.0 Å². The van der Waals surface area contributed by atoms with Crippen LogP contribution in [0, 0.1) is 0 Å². The van der Waals surface area contributed by atoms with E-state index in [1.165, 1.54) is 4.90 Å². The minimum absolute atomic E-state index is 0.0571. The van der Waals surface area contributed by atoms with Crippen molar-refractivity contribution in [2.45, 2.75) is 32.4 Å². The van der Waals surface area contributed by atoms with E-state index in [2.05, 4.69) is 28.2 Å². The number of likely N-dealkylation sites (N-methyl/N-ethyl adjacent to an activating group) is 1. The molecular weight excluding hydrogens is 551 g/mol. The minimum atomic E-state index is -0.795. The number of ether oxygens (including phenoxy) is 1. The molecule has 3 rings (SSSR count). The van der Waals surface area contributed by atoms with E-state index >= 15 is 0 Å². The van der Waals surface area contributed by atoms with Crippen molar-refractivity contribution in [3.8, 4) is 5.75 Å². The van der Waals surface area contributed by atoms with Gasteiger partial charge < -0.3 is 15.0 Å². The number of benzene rings is 3. The van der Waals surface area contributed by atoms with Gasteiger partial charge in [0.15, 0.2) is 6.61 Å². The summed E-state index contributed by atoms with van der Waals surface area (Å²) in [4.78, 5) is 28.0. The van der Waals surface area contributed by atoms with Crippen molar-refractivity contribution in [1.29, 1.82) is 0 Å². The molecule has 35 heavy (non-hydrogen) atoms. The first-order valence-electron chi connectivity index (χ1n) is 11.2. The zero-order valence-electron chi connectivity index (χ0n) is 19.6. The van der Waals surface area contributed by atoms with Gasteiger partial charge in [0.1, 0.15) is 11.8 Å². The lowest BCUT2D eigenvalue weighted by molar-refractivity contribution is -0.142. The summed E-state index contributed by atoms with van der Waals surface area (Å²) in [5.41, 5.74) is 2.63. The van der Waals surface area contributed by atoms with E-state index < -0.39 is 6.04 Å². The Morgan fingerprint density at radius 2 is 1.69 bits per heavy atom. The van der Waals surface area contributed by atoms with Crippen LogP contribution in [0.2, 0.25) is 10.0 Å². The molecular formula is C27H27BrCl2N2O3. The van der Waals surface area contributed by atoms with E-state index in [0.29, 0.717) is 27.8 Å². The van der Waals surface area contributed by atoms with Gasteiger partial charge in [0.05, 0.1) is 4.47 Å². The number of nitrogens with one attached hydrogen (secondary N) is 1. The molecule has 0 aromatic heterocycles. The summed E-state index contributed by atoms with van der Waals surface area (Å²) in [5.74, 6) is -0.110. The van der Waals surface area contributed by atoms with Crippen molar-refractivity contribution in [2.75, 3.05) is 13.7 Å². The standard InChI is InChI=1S/C27H27BrCl2N2O3/c1-3-18-12-13-25(21(28)14-18)35-17-26(33)32(16-20-22(29)10-7-11-23(20)30)24(27(34)31-2)15-19-8-5-4-6-9-19/h4-14,24H,3,15-17H2,1-2H3,(H,31,34). The highest BCUT2D eigenvalue weighted by molar-refractivity contribution is 9.10. The number of amides is 2. The smallest absolute Gasteiger partial charge is 0.261 e. The van der Waals surface area contributed by atoms with Crippen molar-refractivity contribution < 1.29 is 14.3 Å². The van der Waals surface area contributed by atoms with Crippen molar-refractivity contribution >= 4 is 50.9 Å². The second-order valence-electron chi connectivity index (χ2n) is 7.95. The number of carbonyl (C=O) groups excluding carboxylic acids is 2. The monoisotopic (exact) mass is 576 g/mol. The van der Waals surface area contributed by atoms with Gasteiger partial charge in [-0.25, -0.2) is 0 Å². The predicted molar refractivity (Wildman–Crippen MR) is 144 cm³/mol. The summed E-state index contributed by atoms with van der Waals surface area (Å²) < 4.78 is 6.62. The highest BCUT2D eigenvalue weighted by Gasteiger charge is 2.31. The van der Waals surface area contributed by atoms with Crippen molar-refractivity contribution in [2.24, 2.45) is 0 Å². The third-order valence-electron chi connectivity index (χ3n) is 5.66. The quantitative estimate of drug-likeness (QED) is 0.317. The van der Waals surface area contributed by atoms with Crippen LogP contribution in [0.4, 0.5) is 0 Å². The van der Waals surface area contributed by atoms with Gasteiger partial charge in [0.2, 0.25) is 5.91 Å². The number of hydrogen-bond acceptors (Lipinski definition) is 3. The second-order valence-corrected chi connectivity index (χ2v) is 9.62. The number of carbonyl (C=O) groups is 2. The molecule has 0 radical (unpaired) electrons. The summed E-state index contributed by atoms with van der Waals surface area (Å²) in [6.07, 6.45) is 1.21. The lowest BCUT2D eigenvalue weighted by atomic mass is 10.0. The van der Waals surface area contributed by atoms with Crippen molar-refractivity contribution in [1.82, 2.24) is 10.2 Å². The molecule has 0 aliphatic heterocycles.